The SMILES string of the molecule is CC1(C)CN(c2nc3ccccc3[nH]2)CC2(CCCC2)O1. The van der Waals surface area contributed by atoms with Crippen LogP contribution in [0.1, 0.15) is 39.5 Å². The van der Waals surface area contributed by atoms with Gasteiger partial charge in [0.1, 0.15) is 0 Å². The van der Waals surface area contributed by atoms with E-state index >= 15 is 0 Å². The zero-order valence-electron chi connectivity index (χ0n) is 12.9. The molecule has 1 aromatic carbocycles. The van der Waals surface area contributed by atoms with Gasteiger partial charge < -0.3 is 14.6 Å². The van der Waals surface area contributed by atoms with Gasteiger partial charge in [-0.25, -0.2) is 4.98 Å². The van der Waals surface area contributed by atoms with E-state index in [1.807, 2.05) is 12.1 Å². The molecule has 4 rings (SSSR count). The van der Waals surface area contributed by atoms with Crippen LogP contribution < -0.4 is 4.90 Å². The largest absolute Gasteiger partial charge is 0.365 e. The minimum absolute atomic E-state index is 0.0285. The second-order valence-electron chi connectivity index (χ2n) is 7.19. The number of anilines is 1. The number of ether oxygens (including phenoxy) is 1. The van der Waals surface area contributed by atoms with Gasteiger partial charge >= 0.3 is 0 Å². The third-order valence-electron chi connectivity index (χ3n) is 4.73. The van der Waals surface area contributed by atoms with Crippen LogP contribution in [0.25, 0.3) is 11.0 Å². The Hall–Kier alpha value is -1.55. The van der Waals surface area contributed by atoms with Crippen LogP contribution in [0.4, 0.5) is 5.95 Å². The number of benzene rings is 1. The minimum Gasteiger partial charge on any atom is -0.365 e. The van der Waals surface area contributed by atoms with Crippen LogP contribution in [0.15, 0.2) is 24.3 Å². The predicted molar refractivity (Wildman–Crippen MR) is 84.7 cm³/mol. The number of nitrogens with one attached hydrogen (secondary N) is 1. The third-order valence-corrected chi connectivity index (χ3v) is 4.73. The molecule has 1 saturated carbocycles. The molecule has 2 fully saturated rings. The van der Waals surface area contributed by atoms with Crippen molar-refractivity contribution in [2.45, 2.75) is 50.7 Å². The van der Waals surface area contributed by atoms with E-state index in [9.17, 15) is 0 Å². The van der Waals surface area contributed by atoms with E-state index in [1.165, 1.54) is 25.7 Å². The lowest BCUT2D eigenvalue weighted by Gasteiger charge is -2.48. The molecule has 1 aliphatic heterocycles. The van der Waals surface area contributed by atoms with Gasteiger partial charge in [-0.15, -0.1) is 0 Å². The molecule has 2 aliphatic rings. The highest BCUT2D eigenvalue weighted by Crippen LogP contribution is 2.41. The first-order valence-corrected chi connectivity index (χ1v) is 7.95. The van der Waals surface area contributed by atoms with Crippen molar-refractivity contribution in [3.8, 4) is 0 Å². The first-order valence-electron chi connectivity index (χ1n) is 7.95. The number of rotatable bonds is 1. The number of hydrogen-bond donors (Lipinski definition) is 1. The smallest absolute Gasteiger partial charge is 0.204 e. The van der Waals surface area contributed by atoms with Crippen LogP contribution >= 0.6 is 0 Å². The standard InChI is InChI=1S/C17H23N3O/c1-16(2)11-20(12-17(21-16)9-5-6-10-17)15-18-13-7-3-4-8-14(13)19-15/h3-4,7-8H,5-6,9-12H2,1-2H3,(H,18,19). The summed E-state index contributed by atoms with van der Waals surface area (Å²) in [7, 11) is 0. The van der Waals surface area contributed by atoms with E-state index < -0.39 is 0 Å². The van der Waals surface area contributed by atoms with Crippen LogP contribution in [0.3, 0.4) is 0 Å². The fraction of sp³-hybridized carbons (Fsp3) is 0.588. The van der Waals surface area contributed by atoms with Gasteiger partial charge in [0, 0.05) is 13.1 Å². The van der Waals surface area contributed by atoms with Crippen molar-refractivity contribution in [1.82, 2.24) is 9.97 Å². The number of H-pyrrole nitrogens is 1. The second kappa shape index (κ2) is 4.47. The van der Waals surface area contributed by atoms with Crippen molar-refractivity contribution in [3.05, 3.63) is 24.3 Å². The van der Waals surface area contributed by atoms with Crippen molar-refractivity contribution in [3.63, 3.8) is 0 Å². The van der Waals surface area contributed by atoms with E-state index in [1.54, 1.807) is 0 Å². The zero-order chi connectivity index (χ0) is 14.5. The lowest BCUT2D eigenvalue weighted by Crippen LogP contribution is -2.59. The molecule has 112 valence electrons. The maximum absolute atomic E-state index is 6.46. The number of aromatic amines is 1. The first kappa shape index (κ1) is 13.1. The molecule has 4 heteroatoms. The van der Waals surface area contributed by atoms with Crippen LogP contribution in [-0.2, 0) is 4.74 Å². The molecule has 1 spiro atoms. The topological polar surface area (TPSA) is 41.2 Å². The van der Waals surface area contributed by atoms with Gasteiger partial charge in [-0.3, -0.25) is 0 Å². The summed E-state index contributed by atoms with van der Waals surface area (Å²) in [5, 5.41) is 0. The summed E-state index contributed by atoms with van der Waals surface area (Å²) in [5.41, 5.74) is 2.05. The summed E-state index contributed by atoms with van der Waals surface area (Å²) in [5.74, 6) is 0.985. The molecule has 0 bridgehead atoms. The minimum atomic E-state index is -0.123. The summed E-state index contributed by atoms with van der Waals surface area (Å²) in [6, 6.07) is 8.23. The van der Waals surface area contributed by atoms with Crippen LogP contribution in [0, 0.1) is 0 Å². The van der Waals surface area contributed by atoms with Crippen LogP contribution in [-0.4, -0.2) is 34.3 Å². The molecule has 1 saturated heterocycles. The molecule has 1 aliphatic carbocycles. The fourth-order valence-electron chi connectivity index (χ4n) is 4.03. The molecule has 4 nitrogen and oxygen atoms in total. The van der Waals surface area contributed by atoms with Gasteiger partial charge in [0.15, 0.2) is 0 Å². The Labute approximate surface area is 125 Å². The van der Waals surface area contributed by atoms with Gasteiger partial charge in [-0.2, -0.15) is 0 Å². The number of hydrogen-bond acceptors (Lipinski definition) is 3. The van der Waals surface area contributed by atoms with E-state index in [4.69, 9.17) is 9.72 Å². The summed E-state index contributed by atoms with van der Waals surface area (Å²) in [6.07, 6.45) is 4.91. The summed E-state index contributed by atoms with van der Waals surface area (Å²) >= 11 is 0. The van der Waals surface area contributed by atoms with Gasteiger partial charge in [0.05, 0.1) is 22.2 Å². The number of aromatic nitrogens is 2. The molecule has 0 unspecified atom stereocenters. The third kappa shape index (κ3) is 2.31. The normalized spacial score (nSPS) is 24.0. The Morgan fingerprint density at radius 3 is 2.67 bits per heavy atom. The van der Waals surface area contributed by atoms with Crippen molar-refractivity contribution in [1.29, 1.82) is 0 Å². The number of nitrogens with zero attached hydrogens (tertiary/aromatic N) is 2. The van der Waals surface area contributed by atoms with E-state index in [-0.39, 0.29) is 11.2 Å². The molecular formula is C17H23N3O. The van der Waals surface area contributed by atoms with Crippen LogP contribution in [0.5, 0.6) is 0 Å². The highest BCUT2D eigenvalue weighted by atomic mass is 16.5. The summed E-state index contributed by atoms with van der Waals surface area (Å²) in [6.45, 7) is 6.23. The van der Waals surface area contributed by atoms with Crippen molar-refractivity contribution in [2.24, 2.45) is 0 Å². The lowest BCUT2D eigenvalue weighted by atomic mass is 9.94. The Morgan fingerprint density at radius 2 is 1.90 bits per heavy atom. The van der Waals surface area contributed by atoms with Crippen molar-refractivity contribution < 1.29 is 4.74 Å². The molecule has 2 heterocycles. The summed E-state index contributed by atoms with van der Waals surface area (Å²) in [4.78, 5) is 10.6. The molecular weight excluding hydrogens is 262 g/mol. The Morgan fingerprint density at radius 1 is 1.14 bits per heavy atom. The average Bonchev–Trinajstić information content (AvgIpc) is 3.03. The van der Waals surface area contributed by atoms with Gasteiger partial charge in [-0.05, 0) is 38.8 Å². The average molecular weight is 285 g/mol. The maximum atomic E-state index is 6.46. The molecule has 0 atom stereocenters. The van der Waals surface area contributed by atoms with Crippen molar-refractivity contribution >= 4 is 17.0 Å². The second-order valence-corrected chi connectivity index (χ2v) is 7.19. The van der Waals surface area contributed by atoms with E-state index in [2.05, 4.69) is 35.9 Å². The number of fused-ring (bicyclic) bond motifs is 1. The maximum Gasteiger partial charge on any atom is 0.204 e. The van der Waals surface area contributed by atoms with E-state index in [0.717, 1.165) is 30.1 Å². The molecule has 1 N–H and O–H groups in total. The first-order chi connectivity index (χ1) is 10.1. The summed E-state index contributed by atoms with van der Waals surface area (Å²) < 4.78 is 6.46. The zero-order valence-corrected chi connectivity index (χ0v) is 12.9. The number of imidazole rings is 1. The Kier molecular flexibility index (Phi) is 2.80. The van der Waals surface area contributed by atoms with Crippen molar-refractivity contribution in [2.75, 3.05) is 18.0 Å². The van der Waals surface area contributed by atoms with Gasteiger partial charge in [0.2, 0.25) is 5.95 Å². The molecule has 0 radical (unpaired) electrons. The monoisotopic (exact) mass is 285 g/mol. The molecule has 1 aromatic heterocycles. The van der Waals surface area contributed by atoms with Gasteiger partial charge in [0.25, 0.3) is 0 Å². The highest BCUT2D eigenvalue weighted by Gasteiger charge is 2.46. The lowest BCUT2D eigenvalue weighted by molar-refractivity contribution is -0.148. The predicted octanol–water partition coefficient (Wildman–Crippen LogP) is 3.49. The molecule has 21 heavy (non-hydrogen) atoms. The molecule has 2 aromatic rings. The van der Waals surface area contributed by atoms with Crippen LogP contribution in [0.2, 0.25) is 0 Å². The van der Waals surface area contributed by atoms with Gasteiger partial charge in [-0.1, -0.05) is 25.0 Å². The Balaban J connectivity index is 1.69. The quantitative estimate of drug-likeness (QED) is 0.872. The number of morpholine rings is 1. The highest BCUT2D eigenvalue weighted by molar-refractivity contribution is 5.77. The van der Waals surface area contributed by atoms with E-state index in [0.29, 0.717) is 0 Å². The number of para-hydroxylation sites is 2. The Bertz CT molecular complexity index is 622. The fourth-order valence-corrected chi connectivity index (χ4v) is 4.03. The molecule has 0 amide bonds.